The summed E-state index contributed by atoms with van der Waals surface area (Å²) < 4.78 is 2.38. The van der Waals surface area contributed by atoms with Crippen LogP contribution >= 0.6 is 0 Å². The highest BCUT2D eigenvalue weighted by atomic mass is 15.1. The Labute approximate surface area is 456 Å². The van der Waals surface area contributed by atoms with E-state index in [-0.39, 0.29) is 5.41 Å². The molecule has 78 heavy (non-hydrogen) atoms. The molecule has 0 unspecified atom stereocenters. The Bertz CT molecular complexity index is 4380. The zero-order chi connectivity index (χ0) is 52.0. The fraction of sp³-hybridized carbons (Fsp3) is 0.0526. The summed E-state index contributed by atoms with van der Waals surface area (Å²) in [5.41, 5.74) is 26.3. The Balaban J connectivity index is 0.864. The van der Waals surface area contributed by atoms with Crippen LogP contribution in [0.2, 0.25) is 0 Å². The Kier molecular flexibility index (Phi) is 10.5. The van der Waals surface area contributed by atoms with Crippen LogP contribution in [0.25, 0.3) is 83.1 Å². The second-order valence-corrected chi connectivity index (χ2v) is 21.6. The summed E-state index contributed by atoms with van der Waals surface area (Å²) >= 11 is 0. The molecule has 0 spiro atoms. The third-order valence-corrected chi connectivity index (χ3v) is 17.1. The highest BCUT2D eigenvalue weighted by molar-refractivity contribution is 6.10. The van der Waals surface area contributed by atoms with Gasteiger partial charge in [0, 0.05) is 38.9 Å². The Morgan fingerprint density at radius 2 is 0.731 bits per heavy atom. The standard InChI is InChI=1S/C76H54N2/c1-75(2)71-48-56(53-33-31-52(32-34-53)51-19-7-3-8-20-51)37-43-64(71)65-44-41-62(50-72(65)75)77(60-39-35-54(36-40-60)55-38-46-74-68(47-55)66-28-16-18-30-73(66)78(74)59-25-13-6-14-26-59)61-42-45-70-67(49-61)63-27-15-17-29-69(63)76(70,57-21-9-4-10-22-57)58-23-11-5-12-24-58/h3-50H,1-2H3. The van der Waals surface area contributed by atoms with E-state index in [2.05, 4.69) is 315 Å². The van der Waals surface area contributed by atoms with E-state index < -0.39 is 5.41 Å². The van der Waals surface area contributed by atoms with Gasteiger partial charge in [0.05, 0.1) is 16.4 Å². The number of para-hydroxylation sites is 2. The van der Waals surface area contributed by atoms with Crippen molar-refractivity contribution >= 4 is 38.9 Å². The van der Waals surface area contributed by atoms with E-state index in [0.717, 1.165) is 22.7 Å². The first kappa shape index (κ1) is 45.6. The van der Waals surface area contributed by atoms with Gasteiger partial charge in [-0.25, -0.2) is 0 Å². The predicted octanol–water partition coefficient (Wildman–Crippen LogP) is 19.9. The van der Waals surface area contributed by atoms with Gasteiger partial charge in [-0.1, -0.05) is 232 Å². The summed E-state index contributed by atoms with van der Waals surface area (Å²) in [6.07, 6.45) is 0. The maximum atomic E-state index is 2.48. The van der Waals surface area contributed by atoms with E-state index in [1.165, 1.54) is 111 Å². The Morgan fingerprint density at radius 1 is 0.282 bits per heavy atom. The molecule has 2 aliphatic rings. The molecule has 0 radical (unpaired) electrons. The van der Waals surface area contributed by atoms with Crippen molar-refractivity contribution in [3.8, 4) is 61.3 Å². The Morgan fingerprint density at radius 3 is 1.44 bits per heavy atom. The van der Waals surface area contributed by atoms with Gasteiger partial charge in [0.15, 0.2) is 0 Å². The largest absolute Gasteiger partial charge is 0.310 e. The number of fused-ring (bicyclic) bond motifs is 9. The minimum atomic E-state index is -0.486. The molecule has 0 bridgehead atoms. The molecule has 1 heterocycles. The van der Waals surface area contributed by atoms with Crippen LogP contribution in [0.15, 0.2) is 291 Å². The fourth-order valence-corrected chi connectivity index (χ4v) is 13.4. The van der Waals surface area contributed by atoms with Gasteiger partial charge in [0.2, 0.25) is 0 Å². The van der Waals surface area contributed by atoms with Gasteiger partial charge in [-0.2, -0.15) is 0 Å². The fourth-order valence-electron chi connectivity index (χ4n) is 13.4. The topological polar surface area (TPSA) is 8.17 Å². The summed E-state index contributed by atoms with van der Waals surface area (Å²) in [6.45, 7) is 4.80. The summed E-state index contributed by atoms with van der Waals surface area (Å²) in [6, 6.07) is 108. The minimum Gasteiger partial charge on any atom is -0.310 e. The molecular formula is C76H54N2. The number of rotatable bonds is 9. The van der Waals surface area contributed by atoms with Crippen LogP contribution in [0.4, 0.5) is 17.1 Å². The molecule has 368 valence electrons. The molecule has 0 aliphatic heterocycles. The van der Waals surface area contributed by atoms with Gasteiger partial charge < -0.3 is 9.47 Å². The maximum absolute atomic E-state index is 2.48. The first-order valence-corrected chi connectivity index (χ1v) is 27.2. The van der Waals surface area contributed by atoms with E-state index in [4.69, 9.17) is 0 Å². The summed E-state index contributed by atoms with van der Waals surface area (Å²) in [5, 5.41) is 2.49. The molecular weight excluding hydrogens is 941 g/mol. The van der Waals surface area contributed by atoms with Gasteiger partial charge >= 0.3 is 0 Å². The van der Waals surface area contributed by atoms with Crippen LogP contribution < -0.4 is 4.90 Å². The lowest BCUT2D eigenvalue weighted by atomic mass is 9.68. The minimum absolute atomic E-state index is 0.250. The van der Waals surface area contributed by atoms with Crippen LogP contribution in [0.1, 0.15) is 47.2 Å². The molecule has 2 aliphatic carbocycles. The molecule has 0 saturated carbocycles. The van der Waals surface area contributed by atoms with Crippen LogP contribution in [0, 0.1) is 0 Å². The SMILES string of the molecule is CC1(C)c2cc(-c3ccc(-c4ccccc4)cc3)ccc2-c2ccc(N(c3ccc(-c4ccc5c(c4)c4ccccc4n5-c4ccccc4)cc3)c3ccc4c(c3)-c3ccccc3C4(c3ccccc3)c3ccccc3)cc21. The van der Waals surface area contributed by atoms with Gasteiger partial charge in [-0.15, -0.1) is 0 Å². The van der Waals surface area contributed by atoms with Crippen molar-refractivity contribution in [1.29, 1.82) is 0 Å². The lowest BCUT2D eigenvalue weighted by molar-refractivity contribution is 0.660. The molecule has 2 heteroatoms. The predicted molar refractivity (Wildman–Crippen MR) is 327 cm³/mol. The van der Waals surface area contributed by atoms with E-state index in [9.17, 15) is 0 Å². The lowest BCUT2D eigenvalue weighted by Crippen LogP contribution is -2.28. The molecule has 0 saturated heterocycles. The zero-order valence-electron chi connectivity index (χ0n) is 43.6. The smallest absolute Gasteiger partial charge is 0.0713 e. The molecule has 1 aromatic heterocycles. The van der Waals surface area contributed by atoms with Gasteiger partial charge in [-0.3, -0.25) is 0 Å². The second-order valence-electron chi connectivity index (χ2n) is 21.6. The summed E-state index contributed by atoms with van der Waals surface area (Å²) in [7, 11) is 0. The van der Waals surface area contributed by atoms with E-state index in [0.29, 0.717) is 0 Å². The van der Waals surface area contributed by atoms with Crippen LogP contribution in [0.3, 0.4) is 0 Å². The number of nitrogens with zero attached hydrogens (tertiary/aromatic N) is 2. The lowest BCUT2D eigenvalue weighted by Gasteiger charge is -2.34. The van der Waals surface area contributed by atoms with Crippen molar-refractivity contribution in [2.45, 2.75) is 24.7 Å². The van der Waals surface area contributed by atoms with E-state index in [1.807, 2.05) is 0 Å². The van der Waals surface area contributed by atoms with E-state index in [1.54, 1.807) is 0 Å². The number of hydrogen-bond acceptors (Lipinski definition) is 1. The quantitative estimate of drug-likeness (QED) is 0.140. The summed E-state index contributed by atoms with van der Waals surface area (Å²) in [5.74, 6) is 0. The molecule has 12 aromatic carbocycles. The van der Waals surface area contributed by atoms with Crippen molar-refractivity contribution in [1.82, 2.24) is 4.57 Å². The number of benzene rings is 12. The third-order valence-electron chi connectivity index (χ3n) is 17.1. The van der Waals surface area contributed by atoms with E-state index >= 15 is 0 Å². The summed E-state index contributed by atoms with van der Waals surface area (Å²) in [4.78, 5) is 2.48. The first-order valence-electron chi connectivity index (χ1n) is 27.2. The molecule has 0 N–H and O–H groups in total. The van der Waals surface area contributed by atoms with Crippen LogP contribution in [-0.2, 0) is 10.8 Å². The molecule has 15 rings (SSSR count). The van der Waals surface area contributed by atoms with Crippen LogP contribution in [0.5, 0.6) is 0 Å². The van der Waals surface area contributed by atoms with Gasteiger partial charge in [0.1, 0.15) is 0 Å². The first-order chi connectivity index (χ1) is 38.4. The maximum Gasteiger partial charge on any atom is 0.0713 e. The highest BCUT2D eigenvalue weighted by Crippen LogP contribution is 2.58. The average molecular weight is 995 g/mol. The van der Waals surface area contributed by atoms with Crippen molar-refractivity contribution in [2.75, 3.05) is 4.90 Å². The Hall–Kier alpha value is -9.76. The zero-order valence-corrected chi connectivity index (χ0v) is 43.6. The molecule has 2 nitrogen and oxygen atoms in total. The number of anilines is 3. The monoisotopic (exact) mass is 994 g/mol. The van der Waals surface area contributed by atoms with Crippen LogP contribution in [-0.4, -0.2) is 4.57 Å². The van der Waals surface area contributed by atoms with Crippen molar-refractivity contribution in [3.63, 3.8) is 0 Å². The number of aromatic nitrogens is 1. The molecule has 0 fully saturated rings. The molecule has 0 atom stereocenters. The van der Waals surface area contributed by atoms with Gasteiger partial charge in [0.25, 0.3) is 0 Å². The van der Waals surface area contributed by atoms with Crippen molar-refractivity contribution in [2.24, 2.45) is 0 Å². The third kappa shape index (κ3) is 7.03. The average Bonchev–Trinajstić information content (AvgIpc) is 4.01. The van der Waals surface area contributed by atoms with Crippen molar-refractivity contribution < 1.29 is 0 Å². The molecule has 13 aromatic rings. The van der Waals surface area contributed by atoms with Crippen molar-refractivity contribution in [3.05, 3.63) is 325 Å². The van der Waals surface area contributed by atoms with Gasteiger partial charge in [-0.05, 0) is 162 Å². The normalized spacial score (nSPS) is 13.5. The molecule has 0 amide bonds. The second kappa shape index (κ2) is 17.9. The highest BCUT2D eigenvalue weighted by Gasteiger charge is 2.46. The number of hydrogen-bond donors (Lipinski definition) is 0.